The minimum Gasteiger partial charge on any atom is -0.361 e. The Balaban J connectivity index is 2.46. The van der Waals surface area contributed by atoms with Gasteiger partial charge in [-0.1, -0.05) is 60.8 Å². The zero-order chi connectivity index (χ0) is 18.6. The molecule has 0 bridgehead atoms. The van der Waals surface area contributed by atoms with Crippen LogP contribution in [0.25, 0.3) is 0 Å². The molecule has 0 saturated heterocycles. The van der Waals surface area contributed by atoms with E-state index >= 15 is 0 Å². The maximum Gasteiger partial charge on any atom is 0.224 e. The lowest BCUT2D eigenvalue weighted by Gasteiger charge is -2.66. The predicted octanol–water partition coefficient (Wildman–Crippen LogP) is 3.27. The van der Waals surface area contributed by atoms with E-state index in [1.54, 1.807) is 0 Å². The van der Waals surface area contributed by atoms with Crippen molar-refractivity contribution in [1.82, 2.24) is 0 Å². The van der Waals surface area contributed by atoms with Crippen LogP contribution in [0.1, 0.15) is 80.1 Å². The molecule has 5 atom stereocenters. The van der Waals surface area contributed by atoms with Gasteiger partial charge in [0.05, 0.1) is 0 Å². The van der Waals surface area contributed by atoms with Crippen LogP contribution in [0.2, 0.25) is 0 Å². The average Bonchev–Trinajstić information content (AvgIpc) is 2.43. The molecule has 0 aromatic rings. The number of aliphatic hydroxyl groups is 4. The molecule has 4 N–H and O–H groups in total. The lowest BCUT2D eigenvalue weighted by Crippen LogP contribution is -2.75. The summed E-state index contributed by atoms with van der Waals surface area (Å²) in [6, 6.07) is 0. The van der Waals surface area contributed by atoms with E-state index in [4.69, 9.17) is 0 Å². The van der Waals surface area contributed by atoms with E-state index in [-0.39, 0.29) is 23.7 Å². The van der Waals surface area contributed by atoms with Crippen molar-refractivity contribution in [3.63, 3.8) is 0 Å². The maximum atomic E-state index is 11.0. The van der Waals surface area contributed by atoms with Crippen molar-refractivity contribution >= 4 is 0 Å². The fraction of sp³-hybridized carbons (Fsp3) is 1.00. The average molecular weight is 343 g/mol. The van der Waals surface area contributed by atoms with Crippen LogP contribution in [0.4, 0.5) is 0 Å². The summed E-state index contributed by atoms with van der Waals surface area (Å²) in [4.78, 5) is 0. The lowest BCUT2D eigenvalue weighted by atomic mass is 9.42. The maximum absolute atomic E-state index is 11.0. The van der Waals surface area contributed by atoms with Gasteiger partial charge in [-0.15, -0.1) is 0 Å². The quantitative estimate of drug-likeness (QED) is 0.591. The number of hydrogen-bond donors (Lipinski definition) is 4. The number of hydrogen-bond acceptors (Lipinski definition) is 4. The van der Waals surface area contributed by atoms with Gasteiger partial charge in [0.25, 0.3) is 0 Å². The molecule has 2 rings (SSSR count). The SMILES string of the molecule is CC[C@@H](C)CC[C@H]1[C@@H](C)CC[C@H]2C(C)(C)CC(O)(O)C(O)(O)[C@]12C. The van der Waals surface area contributed by atoms with Crippen LogP contribution in [0.15, 0.2) is 0 Å². The summed E-state index contributed by atoms with van der Waals surface area (Å²) >= 11 is 0. The summed E-state index contributed by atoms with van der Waals surface area (Å²) < 4.78 is 0. The van der Waals surface area contributed by atoms with Crippen molar-refractivity contribution in [2.45, 2.75) is 91.6 Å². The van der Waals surface area contributed by atoms with Crippen molar-refractivity contribution in [1.29, 1.82) is 0 Å². The van der Waals surface area contributed by atoms with E-state index in [1.165, 1.54) is 0 Å². The van der Waals surface area contributed by atoms with Gasteiger partial charge in [0, 0.05) is 11.8 Å². The first-order chi connectivity index (χ1) is 10.8. The summed E-state index contributed by atoms with van der Waals surface area (Å²) in [7, 11) is 0. The molecule has 2 fully saturated rings. The first kappa shape index (κ1) is 20.2. The van der Waals surface area contributed by atoms with Gasteiger partial charge < -0.3 is 20.4 Å². The molecule has 2 saturated carbocycles. The Morgan fingerprint density at radius 1 is 1.04 bits per heavy atom. The van der Waals surface area contributed by atoms with Crippen molar-refractivity contribution in [2.24, 2.45) is 34.5 Å². The van der Waals surface area contributed by atoms with Crippen molar-refractivity contribution in [2.75, 3.05) is 0 Å². The van der Waals surface area contributed by atoms with Crippen LogP contribution < -0.4 is 0 Å². The minimum atomic E-state index is -2.49. The molecule has 0 unspecified atom stereocenters. The van der Waals surface area contributed by atoms with E-state index in [2.05, 4.69) is 20.8 Å². The Hall–Kier alpha value is -0.160. The molecular weight excluding hydrogens is 304 g/mol. The zero-order valence-electron chi connectivity index (χ0n) is 16.3. The van der Waals surface area contributed by atoms with E-state index in [9.17, 15) is 20.4 Å². The van der Waals surface area contributed by atoms with E-state index in [0.717, 1.165) is 32.1 Å². The Morgan fingerprint density at radius 2 is 1.62 bits per heavy atom. The minimum absolute atomic E-state index is 0.0142. The zero-order valence-corrected chi connectivity index (χ0v) is 16.3. The van der Waals surface area contributed by atoms with Crippen molar-refractivity contribution < 1.29 is 20.4 Å². The molecule has 0 radical (unpaired) electrons. The Morgan fingerprint density at radius 3 is 2.17 bits per heavy atom. The van der Waals surface area contributed by atoms with Gasteiger partial charge in [-0.25, -0.2) is 0 Å². The van der Waals surface area contributed by atoms with Crippen LogP contribution in [0.3, 0.4) is 0 Å². The third-order valence-corrected chi connectivity index (χ3v) is 7.71. The third kappa shape index (κ3) is 2.84. The van der Waals surface area contributed by atoms with Gasteiger partial charge in [-0.2, -0.15) is 0 Å². The van der Waals surface area contributed by atoms with Gasteiger partial charge in [0.15, 0.2) is 0 Å². The third-order valence-electron chi connectivity index (χ3n) is 7.71. The molecule has 142 valence electrons. The second kappa shape index (κ2) is 6.22. The first-order valence-corrected chi connectivity index (χ1v) is 9.70. The molecule has 0 aromatic carbocycles. The predicted molar refractivity (Wildman–Crippen MR) is 94.9 cm³/mol. The fourth-order valence-corrected chi connectivity index (χ4v) is 6.05. The summed E-state index contributed by atoms with van der Waals surface area (Å²) in [5.41, 5.74) is -1.27. The fourth-order valence-electron chi connectivity index (χ4n) is 6.05. The summed E-state index contributed by atoms with van der Waals surface area (Å²) in [6.45, 7) is 12.5. The van der Waals surface area contributed by atoms with Crippen LogP contribution in [-0.2, 0) is 0 Å². The van der Waals surface area contributed by atoms with Crippen LogP contribution in [0, 0.1) is 34.5 Å². The molecule has 0 spiro atoms. The first-order valence-electron chi connectivity index (χ1n) is 9.70. The van der Waals surface area contributed by atoms with Crippen LogP contribution >= 0.6 is 0 Å². The van der Waals surface area contributed by atoms with Crippen LogP contribution in [-0.4, -0.2) is 32.0 Å². The summed E-state index contributed by atoms with van der Waals surface area (Å²) in [6.07, 6.45) is 5.00. The van der Waals surface area contributed by atoms with Crippen molar-refractivity contribution in [3.8, 4) is 0 Å². The van der Waals surface area contributed by atoms with Gasteiger partial charge in [-0.05, 0) is 41.9 Å². The van der Waals surface area contributed by atoms with Crippen LogP contribution in [0.5, 0.6) is 0 Å². The highest BCUT2D eigenvalue weighted by molar-refractivity contribution is 5.14. The molecule has 24 heavy (non-hydrogen) atoms. The van der Waals surface area contributed by atoms with Gasteiger partial charge in [-0.3, -0.25) is 0 Å². The molecule has 0 aromatic heterocycles. The smallest absolute Gasteiger partial charge is 0.224 e. The monoisotopic (exact) mass is 342 g/mol. The van der Waals surface area contributed by atoms with E-state index < -0.39 is 17.0 Å². The highest BCUT2D eigenvalue weighted by Gasteiger charge is 2.72. The van der Waals surface area contributed by atoms with E-state index in [0.29, 0.717) is 11.8 Å². The van der Waals surface area contributed by atoms with Gasteiger partial charge in [0.1, 0.15) is 0 Å². The van der Waals surface area contributed by atoms with Gasteiger partial charge in [0.2, 0.25) is 11.6 Å². The van der Waals surface area contributed by atoms with Crippen molar-refractivity contribution in [3.05, 3.63) is 0 Å². The number of rotatable bonds is 4. The summed E-state index contributed by atoms with van der Waals surface area (Å²) in [5, 5.41) is 43.0. The topological polar surface area (TPSA) is 80.9 Å². The Labute approximate surface area is 147 Å². The summed E-state index contributed by atoms with van der Waals surface area (Å²) in [5.74, 6) is -3.90. The van der Waals surface area contributed by atoms with E-state index in [1.807, 2.05) is 20.8 Å². The molecule has 0 amide bonds. The van der Waals surface area contributed by atoms with Gasteiger partial charge >= 0.3 is 0 Å². The second-order valence-corrected chi connectivity index (χ2v) is 9.74. The molecule has 0 heterocycles. The molecule has 4 nitrogen and oxygen atoms in total. The second-order valence-electron chi connectivity index (χ2n) is 9.74. The molecular formula is C20H38O4. The number of fused-ring (bicyclic) bond motifs is 1. The molecule has 2 aliphatic carbocycles. The lowest BCUT2D eigenvalue weighted by molar-refractivity contribution is -0.449. The highest BCUT2D eigenvalue weighted by atomic mass is 16.6. The largest absolute Gasteiger partial charge is 0.361 e. The Kier molecular flexibility index (Phi) is 5.23. The Bertz CT molecular complexity index is 457. The molecule has 2 aliphatic rings. The highest BCUT2D eigenvalue weighted by Crippen LogP contribution is 2.66. The normalized spacial score (nSPS) is 41.5. The molecule has 4 heteroatoms. The molecule has 0 aliphatic heterocycles. The standard InChI is InChI=1S/C20H38O4/c1-7-13(2)8-10-15-14(3)9-11-16-17(4,5)12-19(21,22)20(23,24)18(15,16)6/h13-16,21-24H,7-12H2,1-6H3/t13-,14+,15+,16+,18-/m1/s1.